The van der Waals surface area contributed by atoms with Crippen LogP contribution >= 0.6 is 22.6 Å². The number of nitrogens with zero attached hydrogens (tertiary/aromatic N) is 3. The molecule has 0 bridgehead atoms. The Hall–Kier alpha value is -0.590. The number of hydrogen-bond donors (Lipinski definition) is 1. The minimum Gasteiger partial charge on any atom is -0.369 e. The molecule has 112 valence electrons. The van der Waals surface area contributed by atoms with Crippen LogP contribution in [0.1, 0.15) is 58.1 Å². The first-order valence-electron chi connectivity index (χ1n) is 7.69. The molecule has 1 N–H and O–H groups in total. The van der Waals surface area contributed by atoms with Gasteiger partial charge in [0.05, 0.1) is 9.26 Å². The highest BCUT2D eigenvalue weighted by molar-refractivity contribution is 14.1. The molecule has 1 aromatic rings. The van der Waals surface area contributed by atoms with Crippen LogP contribution in [0.3, 0.4) is 0 Å². The van der Waals surface area contributed by atoms with E-state index in [1.807, 2.05) is 0 Å². The van der Waals surface area contributed by atoms with Gasteiger partial charge in [0, 0.05) is 19.6 Å². The van der Waals surface area contributed by atoms with E-state index < -0.39 is 0 Å². The highest BCUT2D eigenvalue weighted by Crippen LogP contribution is 2.28. The Bertz CT molecular complexity index is 442. The van der Waals surface area contributed by atoms with Gasteiger partial charge in [0.1, 0.15) is 5.82 Å². The molecule has 1 fully saturated rings. The molecule has 0 aliphatic carbocycles. The van der Waals surface area contributed by atoms with Gasteiger partial charge in [-0.05, 0) is 54.2 Å². The summed E-state index contributed by atoms with van der Waals surface area (Å²) in [6, 6.07) is 0. The lowest BCUT2D eigenvalue weighted by atomic mass is 10.1. The zero-order chi connectivity index (χ0) is 14.5. The first kappa shape index (κ1) is 15.8. The van der Waals surface area contributed by atoms with Gasteiger partial charge in [-0.1, -0.05) is 20.8 Å². The van der Waals surface area contributed by atoms with Gasteiger partial charge in [0.25, 0.3) is 0 Å². The van der Waals surface area contributed by atoms with Crippen LogP contribution in [0, 0.1) is 3.57 Å². The number of piperidine rings is 1. The summed E-state index contributed by atoms with van der Waals surface area (Å²) in [6.07, 6.45) is 4.95. The second-order valence-electron chi connectivity index (χ2n) is 5.70. The van der Waals surface area contributed by atoms with Crippen LogP contribution in [0.4, 0.5) is 11.8 Å². The van der Waals surface area contributed by atoms with Gasteiger partial charge in [0.15, 0.2) is 0 Å². The van der Waals surface area contributed by atoms with Crippen molar-refractivity contribution in [2.24, 2.45) is 0 Å². The first-order chi connectivity index (χ1) is 9.63. The van der Waals surface area contributed by atoms with E-state index in [4.69, 9.17) is 9.97 Å². The Labute approximate surface area is 135 Å². The third-order valence-corrected chi connectivity index (χ3v) is 4.66. The van der Waals surface area contributed by atoms with E-state index in [1.165, 1.54) is 28.5 Å². The van der Waals surface area contributed by atoms with E-state index >= 15 is 0 Å². The summed E-state index contributed by atoms with van der Waals surface area (Å²) in [7, 11) is 0. The smallest absolute Gasteiger partial charge is 0.227 e. The SMILES string of the molecule is CCCNc1nc(N2CCCCC2)nc(C(C)C)c1I. The lowest BCUT2D eigenvalue weighted by Gasteiger charge is -2.28. The molecule has 2 heterocycles. The Morgan fingerprint density at radius 1 is 1.20 bits per heavy atom. The van der Waals surface area contributed by atoms with Gasteiger partial charge >= 0.3 is 0 Å². The largest absolute Gasteiger partial charge is 0.369 e. The maximum Gasteiger partial charge on any atom is 0.227 e. The Balaban J connectivity index is 2.32. The molecule has 0 atom stereocenters. The van der Waals surface area contributed by atoms with Crippen molar-refractivity contribution in [3.8, 4) is 0 Å². The van der Waals surface area contributed by atoms with E-state index in [-0.39, 0.29) is 0 Å². The predicted molar refractivity (Wildman–Crippen MR) is 93.7 cm³/mol. The monoisotopic (exact) mass is 388 g/mol. The molecular formula is C15H25IN4. The summed E-state index contributed by atoms with van der Waals surface area (Å²) in [5.41, 5.74) is 1.17. The molecule has 0 radical (unpaired) electrons. The van der Waals surface area contributed by atoms with Crippen molar-refractivity contribution in [3.63, 3.8) is 0 Å². The Morgan fingerprint density at radius 2 is 1.90 bits per heavy atom. The van der Waals surface area contributed by atoms with Crippen LogP contribution in [0.15, 0.2) is 0 Å². The Morgan fingerprint density at radius 3 is 2.50 bits per heavy atom. The maximum absolute atomic E-state index is 4.83. The predicted octanol–water partition coefficient (Wildman–Crippen LogP) is 4.02. The Kier molecular flexibility index (Phi) is 5.86. The molecule has 20 heavy (non-hydrogen) atoms. The van der Waals surface area contributed by atoms with Crippen LogP contribution < -0.4 is 10.2 Å². The van der Waals surface area contributed by atoms with Crippen molar-refractivity contribution in [2.45, 2.75) is 52.4 Å². The van der Waals surface area contributed by atoms with Crippen molar-refractivity contribution in [2.75, 3.05) is 29.9 Å². The van der Waals surface area contributed by atoms with Crippen LogP contribution in [-0.4, -0.2) is 29.6 Å². The summed E-state index contributed by atoms with van der Waals surface area (Å²) in [4.78, 5) is 11.9. The molecule has 2 rings (SSSR count). The highest BCUT2D eigenvalue weighted by atomic mass is 127. The average Bonchev–Trinajstić information content (AvgIpc) is 2.46. The van der Waals surface area contributed by atoms with Crippen molar-refractivity contribution in [3.05, 3.63) is 9.26 Å². The minimum atomic E-state index is 0.426. The molecule has 0 saturated carbocycles. The molecule has 0 unspecified atom stereocenters. The summed E-state index contributed by atoms with van der Waals surface area (Å²) in [5, 5.41) is 3.45. The van der Waals surface area contributed by atoms with Gasteiger partial charge in [-0.25, -0.2) is 4.98 Å². The second kappa shape index (κ2) is 7.43. The fourth-order valence-corrected chi connectivity index (χ4v) is 3.49. The van der Waals surface area contributed by atoms with Crippen LogP contribution in [0.2, 0.25) is 0 Å². The van der Waals surface area contributed by atoms with E-state index in [2.05, 4.69) is 53.6 Å². The summed E-state index contributed by atoms with van der Waals surface area (Å²) in [5.74, 6) is 2.34. The standard InChI is InChI=1S/C15H25IN4/c1-4-8-17-14-12(16)13(11(2)3)18-15(19-14)20-9-6-5-7-10-20/h11H,4-10H2,1-3H3,(H,17,18,19). The summed E-state index contributed by atoms with van der Waals surface area (Å²) >= 11 is 2.38. The van der Waals surface area contributed by atoms with Gasteiger partial charge in [-0.15, -0.1) is 0 Å². The summed E-state index contributed by atoms with van der Waals surface area (Å²) in [6.45, 7) is 9.72. The highest BCUT2D eigenvalue weighted by Gasteiger charge is 2.19. The van der Waals surface area contributed by atoms with Crippen LogP contribution in [0.5, 0.6) is 0 Å². The molecule has 4 nitrogen and oxygen atoms in total. The minimum absolute atomic E-state index is 0.426. The third-order valence-electron chi connectivity index (χ3n) is 3.59. The van der Waals surface area contributed by atoms with Gasteiger partial charge in [0.2, 0.25) is 5.95 Å². The first-order valence-corrected chi connectivity index (χ1v) is 8.77. The normalized spacial score (nSPS) is 15.8. The molecule has 1 saturated heterocycles. The number of anilines is 2. The fraction of sp³-hybridized carbons (Fsp3) is 0.733. The average molecular weight is 388 g/mol. The molecule has 0 aromatic carbocycles. The van der Waals surface area contributed by atoms with E-state index in [1.54, 1.807) is 0 Å². The van der Waals surface area contributed by atoms with Gasteiger partial charge in [-0.3, -0.25) is 0 Å². The number of hydrogen-bond acceptors (Lipinski definition) is 4. The zero-order valence-electron chi connectivity index (χ0n) is 12.7. The van der Waals surface area contributed by atoms with Crippen molar-refractivity contribution >= 4 is 34.4 Å². The molecule has 1 aromatic heterocycles. The maximum atomic E-state index is 4.83. The fourth-order valence-electron chi connectivity index (χ4n) is 2.43. The van der Waals surface area contributed by atoms with Crippen molar-refractivity contribution in [1.82, 2.24) is 9.97 Å². The lowest BCUT2D eigenvalue weighted by Crippen LogP contribution is -2.31. The topological polar surface area (TPSA) is 41.1 Å². The second-order valence-corrected chi connectivity index (χ2v) is 6.78. The van der Waals surface area contributed by atoms with Crippen LogP contribution in [0.25, 0.3) is 0 Å². The van der Waals surface area contributed by atoms with Crippen LogP contribution in [-0.2, 0) is 0 Å². The van der Waals surface area contributed by atoms with Crippen molar-refractivity contribution < 1.29 is 0 Å². The lowest BCUT2D eigenvalue weighted by molar-refractivity contribution is 0.566. The molecule has 5 heteroatoms. The van der Waals surface area contributed by atoms with E-state index in [0.29, 0.717) is 5.92 Å². The number of aromatic nitrogens is 2. The summed E-state index contributed by atoms with van der Waals surface area (Å²) < 4.78 is 1.17. The number of halogens is 1. The number of rotatable bonds is 5. The molecule has 1 aliphatic heterocycles. The van der Waals surface area contributed by atoms with Gasteiger partial charge < -0.3 is 10.2 Å². The molecule has 0 spiro atoms. The third kappa shape index (κ3) is 3.74. The quantitative estimate of drug-likeness (QED) is 0.774. The molecule has 0 amide bonds. The molecular weight excluding hydrogens is 363 g/mol. The molecule has 1 aliphatic rings. The van der Waals surface area contributed by atoms with Crippen molar-refractivity contribution in [1.29, 1.82) is 0 Å². The van der Waals surface area contributed by atoms with Gasteiger partial charge in [-0.2, -0.15) is 4.98 Å². The van der Waals surface area contributed by atoms with E-state index in [9.17, 15) is 0 Å². The zero-order valence-corrected chi connectivity index (χ0v) is 14.9. The number of nitrogens with one attached hydrogen (secondary N) is 1. The van der Waals surface area contributed by atoms with E-state index in [0.717, 1.165) is 37.8 Å².